The maximum absolute atomic E-state index is 13.6. The average Bonchev–Trinajstić information content (AvgIpc) is 2.83. The minimum Gasteiger partial charge on any atom is -0.497 e. The van der Waals surface area contributed by atoms with Gasteiger partial charge in [-0.25, -0.2) is 0 Å². The highest BCUT2D eigenvalue weighted by Gasteiger charge is 2.53. The lowest BCUT2D eigenvalue weighted by molar-refractivity contribution is -0.166. The van der Waals surface area contributed by atoms with E-state index < -0.39 is 6.04 Å². The Morgan fingerprint density at radius 1 is 1.09 bits per heavy atom. The van der Waals surface area contributed by atoms with Crippen LogP contribution in [0.15, 0.2) is 30.3 Å². The van der Waals surface area contributed by atoms with Crippen molar-refractivity contribution < 1.29 is 19.1 Å². The van der Waals surface area contributed by atoms with Gasteiger partial charge in [0.05, 0.1) is 42.8 Å². The number of carbonyl (C=O) groups excluding carboxylic acids is 2. The molecule has 2 bridgehead atoms. The number of nitrogens with zero attached hydrogens (tertiary/aromatic N) is 2. The molecule has 0 spiro atoms. The van der Waals surface area contributed by atoms with Crippen LogP contribution in [0.4, 0.5) is 0 Å². The second-order valence-electron chi connectivity index (χ2n) is 8.87. The summed E-state index contributed by atoms with van der Waals surface area (Å²) < 4.78 is 11.2. The van der Waals surface area contributed by atoms with E-state index in [0.29, 0.717) is 28.8 Å². The number of methoxy groups -OCH3 is 2. The van der Waals surface area contributed by atoms with Gasteiger partial charge < -0.3 is 19.3 Å². The first-order chi connectivity index (χ1) is 15.9. The summed E-state index contributed by atoms with van der Waals surface area (Å²) in [5.74, 6) is 1.40. The molecule has 33 heavy (non-hydrogen) atoms. The van der Waals surface area contributed by atoms with Crippen LogP contribution in [0, 0.1) is 0 Å². The van der Waals surface area contributed by atoms with Crippen molar-refractivity contribution in [2.45, 2.75) is 50.2 Å². The molecule has 3 unspecified atom stereocenters. The molecule has 174 valence electrons. The maximum Gasteiger partial charge on any atom is 0.245 e. The Bertz CT molecular complexity index is 1100. The van der Waals surface area contributed by atoms with Gasteiger partial charge in [0.25, 0.3) is 0 Å². The summed E-state index contributed by atoms with van der Waals surface area (Å²) in [5, 5.41) is 0.873. The third kappa shape index (κ3) is 3.73. The molecule has 3 aliphatic rings. The van der Waals surface area contributed by atoms with E-state index in [1.807, 2.05) is 28.0 Å². The third-order valence-electron chi connectivity index (χ3n) is 7.14. The van der Waals surface area contributed by atoms with Crippen LogP contribution in [-0.4, -0.2) is 54.5 Å². The number of rotatable bonds is 4. The van der Waals surface area contributed by atoms with E-state index in [2.05, 4.69) is 0 Å². The summed E-state index contributed by atoms with van der Waals surface area (Å²) in [6.07, 6.45) is 3.36. The van der Waals surface area contributed by atoms with Crippen molar-refractivity contribution >= 4 is 35.0 Å². The fraction of sp³-hybridized carbons (Fsp3) is 0.440. The Hall–Kier alpha value is -2.44. The molecule has 3 aliphatic heterocycles. The van der Waals surface area contributed by atoms with Crippen LogP contribution in [0.5, 0.6) is 11.5 Å². The highest BCUT2D eigenvalue weighted by Crippen LogP contribution is 2.48. The quantitative estimate of drug-likeness (QED) is 0.637. The Morgan fingerprint density at radius 3 is 2.64 bits per heavy atom. The molecule has 2 aromatic rings. The van der Waals surface area contributed by atoms with Crippen LogP contribution in [0.2, 0.25) is 10.0 Å². The van der Waals surface area contributed by atoms with Gasteiger partial charge in [0, 0.05) is 18.2 Å². The molecule has 2 aromatic carbocycles. The van der Waals surface area contributed by atoms with Gasteiger partial charge in [0.1, 0.15) is 17.5 Å². The first-order valence-corrected chi connectivity index (χ1v) is 12.0. The molecule has 2 amide bonds. The van der Waals surface area contributed by atoms with E-state index >= 15 is 0 Å². The Kier molecular flexibility index (Phi) is 5.91. The van der Waals surface area contributed by atoms with Gasteiger partial charge in [-0.3, -0.25) is 9.59 Å². The fourth-order valence-electron chi connectivity index (χ4n) is 5.72. The number of fused-ring (bicyclic) bond motifs is 6. The summed E-state index contributed by atoms with van der Waals surface area (Å²) >= 11 is 12.2. The number of amides is 2. The minimum absolute atomic E-state index is 0.0296. The van der Waals surface area contributed by atoms with Crippen molar-refractivity contribution in [3.63, 3.8) is 0 Å². The predicted octanol–water partition coefficient (Wildman–Crippen LogP) is 4.44. The van der Waals surface area contributed by atoms with Crippen molar-refractivity contribution in [3.05, 3.63) is 57.1 Å². The number of halogens is 2. The molecule has 2 fully saturated rings. The highest BCUT2D eigenvalue weighted by atomic mass is 35.5. The molecule has 3 heterocycles. The lowest BCUT2D eigenvalue weighted by Gasteiger charge is -2.55. The van der Waals surface area contributed by atoms with Crippen molar-refractivity contribution in [3.8, 4) is 11.5 Å². The monoisotopic (exact) mass is 488 g/mol. The maximum atomic E-state index is 13.6. The van der Waals surface area contributed by atoms with Gasteiger partial charge in [-0.2, -0.15) is 0 Å². The SMILES string of the molecule is COc1cc2c(c(OC)c1)C1C3CCCC(C(=O)N1CC2)N3C(=O)Cc1ccc(Cl)c(Cl)c1. The Balaban J connectivity index is 1.54. The smallest absolute Gasteiger partial charge is 0.245 e. The first-order valence-electron chi connectivity index (χ1n) is 11.2. The summed E-state index contributed by atoms with van der Waals surface area (Å²) in [4.78, 5) is 31.0. The highest BCUT2D eigenvalue weighted by molar-refractivity contribution is 6.42. The normalized spacial score (nSPS) is 23.6. The molecule has 0 aromatic heterocycles. The molecular weight excluding hydrogens is 463 g/mol. The van der Waals surface area contributed by atoms with E-state index in [4.69, 9.17) is 32.7 Å². The lowest BCUT2D eigenvalue weighted by Crippen LogP contribution is -2.67. The standard InChI is InChI=1S/C25H26Cl2N2O4/c1-32-16-12-15-8-9-28-24(23(15)21(13-16)33-2)19-4-3-5-20(25(28)31)29(19)22(30)11-14-6-7-17(26)18(27)10-14/h6-7,10,12-13,19-20,24H,3-5,8-9,11H2,1-2H3. The Labute approximate surface area is 203 Å². The van der Waals surface area contributed by atoms with Crippen molar-refractivity contribution in [2.75, 3.05) is 20.8 Å². The van der Waals surface area contributed by atoms with E-state index in [1.54, 1.807) is 26.4 Å². The van der Waals surface area contributed by atoms with E-state index in [1.165, 1.54) is 0 Å². The fourth-order valence-corrected chi connectivity index (χ4v) is 6.04. The molecule has 6 nitrogen and oxygen atoms in total. The van der Waals surface area contributed by atoms with Gasteiger partial charge >= 0.3 is 0 Å². The van der Waals surface area contributed by atoms with Crippen LogP contribution in [-0.2, 0) is 22.4 Å². The number of hydrogen-bond acceptors (Lipinski definition) is 4. The van der Waals surface area contributed by atoms with E-state index in [0.717, 1.165) is 41.7 Å². The zero-order valence-electron chi connectivity index (χ0n) is 18.6. The zero-order chi connectivity index (χ0) is 23.3. The molecule has 0 saturated carbocycles. The molecule has 0 aliphatic carbocycles. The van der Waals surface area contributed by atoms with Crippen molar-refractivity contribution in [1.29, 1.82) is 0 Å². The second kappa shape index (κ2) is 8.73. The van der Waals surface area contributed by atoms with Gasteiger partial charge in [-0.05, 0) is 55.0 Å². The van der Waals surface area contributed by atoms with E-state index in [9.17, 15) is 9.59 Å². The molecule has 0 N–H and O–H groups in total. The molecule has 3 atom stereocenters. The van der Waals surface area contributed by atoms with Gasteiger partial charge in [0.2, 0.25) is 11.8 Å². The molecule has 2 saturated heterocycles. The molecule has 5 rings (SSSR count). The molecule has 0 radical (unpaired) electrons. The summed E-state index contributed by atoms with van der Waals surface area (Å²) in [6, 6.07) is 8.38. The van der Waals surface area contributed by atoms with Crippen LogP contribution >= 0.6 is 23.2 Å². The topological polar surface area (TPSA) is 59.1 Å². The molecule has 8 heteroatoms. The van der Waals surface area contributed by atoms with Crippen LogP contribution in [0.25, 0.3) is 0 Å². The number of piperidine rings is 1. The third-order valence-corrected chi connectivity index (χ3v) is 7.88. The predicted molar refractivity (Wildman–Crippen MR) is 126 cm³/mol. The summed E-state index contributed by atoms with van der Waals surface area (Å²) in [7, 11) is 3.27. The number of ether oxygens (including phenoxy) is 2. The average molecular weight is 489 g/mol. The number of benzene rings is 2. The second-order valence-corrected chi connectivity index (χ2v) is 9.68. The number of hydrogen-bond donors (Lipinski definition) is 0. The minimum atomic E-state index is -0.416. The van der Waals surface area contributed by atoms with Crippen molar-refractivity contribution in [2.24, 2.45) is 0 Å². The van der Waals surface area contributed by atoms with Crippen molar-refractivity contribution in [1.82, 2.24) is 9.80 Å². The lowest BCUT2D eigenvalue weighted by atomic mass is 9.78. The van der Waals surface area contributed by atoms with E-state index in [-0.39, 0.29) is 30.3 Å². The first kappa shape index (κ1) is 22.4. The zero-order valence-corrected chi connectivity index (χ0v) is 20.2. The summed E-state index contributed by atoms with van der Waals surface area (Å²) in [6.45, 7) is 0.634. The van der Waals surface area contributed by atoms with Gasteiger partial charge in [-0.1, -0.05) is 29.3 Å². The summed E-state index contributed by atoms with van der Waals surface area (Å²) in [5.41, 5.74) is 2.89. The van der Waals surface area contributed by atoms with Crippen LogP contribution in [0.3, 0.4) is 0 Å². The Morgan fingerprint density at radius 2 is 1.91 bits per heavy atom. The number of carbonyl (C=O) groups is 2. The molecular formula is C25H26Cl2N2O4. The number of piperazine rings is 1. The van der Waals surface area contributed by atoms with Crippen LogP contribution in [0.1, 0.15) is 42.0 Å². The largest absolute Gasteiger partial charge is 0.497 e. The van der Waals surface area contributed by atoms with Crippen LogP contribution < -0.4 is 9.47 Å². The van der Waals surface area contributed by atoms with Gasteiger partial charge in [-0.15, -0.1) is 0 Å². The van der Waals surface area contributed by atoms with Gasteiger partial charge in [0.15, 0.2) is 0 Å².